The summed E-state index contributed by atoms with van der Waals surface area (Å²) in [7, 11) is 0. The highest BCUT2D eigenvalue weighted by Crippen LogP contribution is 2.35. The van der Waals surface area contributed by atoms with Gasteiger partial charge in [-0.2, -0.15) is 0 Å². The number of halogens is 1. The zero-order valence-corrected chi connectivity index (χ0v) is 17.3. The van der Waals surface area contributed by atoms with Gasteiger partial charge in [0.15, 0.2) is 0 Å². The van der Waals surface area contributed by atoms with E-state index in [-0.39, 0.29) is 18.0 Å². The predicted octanol–water partition coefficient (Wildman–Crippen LogP) is 3.60. The van der Waals surface area contributed by atoms with Crippen molar-refractivity contribution >= 4 is 39.1 Å². The Balaban J connectivity index is 1.45. The van der Waals surface area contributed by atoms with Gasteiger partial charge in [0.2, 0.25) is 5.91 Å². The van der Waals surface area contributed by atoms with Crippen molar-refractivity contribution in [3.05, 3.63) is 62.0 Å². The highest BCUT2D eigenvalue weighted by molar-refractivity contribution is 7.18. The van der Waals surface area contributed by atoms with Crippen LogP contribution in [0.15, 0.2) is 35.4 Å². The number of benzene rings is 1. The molecule has 0 bridgehead atoms. The Kier molecular flexibility index (Phi) is 5.51. The molecule has 0 saturated carbocycles. The van der Waals surface area contributed by atoms with E-state index in [2.05, 4.69) is 17.2 Å². The average Bonchev–Trinajstić information content (AvgIpc) is 3.02. The van der Waals surface area contributed by atoms with Crippen molar-refractivity contribution in [3.63, 3.8) is 0 Å². The van der Waals surface area contributed by atoms with Crippen LogP contribution in [0.4, 0.5) is 0 Å². The van der Waals surface area contributed by atoms with Crippen molar-refractivity contribution in [1.82, 2.24) is 14.9 Å². The van der Waals surface area contributed by atoms with Crippen LogP contribution >= 0.6 is 22.9 Å². The molecule has 28 heavy (non-hydrogen) atoms. The molecule has 0 aliphatic heterocycles. The molecule has 1 amide bonds. The molecule has 0 radical (unpaired) electrons. The van der Waals surface area contributed by atoms with Crippen LogP contribution in [0.5, 0.6) is 0 Å². The fourth-order valence-corrected chi connectivity index (χ4v) is 5.28. The van der Waals surface area contributed by atoms with E-state index in [1.165, 1.54) is 15.8 Å². The number of hydrogen-bond acceptors (Lipinski definition) is 4. The van der Waals surface area contributed by atoms with E-state index in [1.54, 1.807) is 11.3 Å². The number of fused-ring (bicyclic) bond motifs is 3. The Hall–Kier alpha value is -2.18. The van der Waals surface area contributed by atoms with Crippen molar-refractivity contribution in [2.24, 2.45) is 5.92 Å². The number of nitrogens with zero attached hydrogens (tertiary/aromatic N) is 2. The van der Waals surface area contributed by atoms with Crippen LogP contribution in [0.1, 0.15) is 29.3 Å². The van der Waals surface area contributed by atoms with E-state index >= 15 is 0 Å². The van der Waals surface area contributed by atoms with Gasteiger partial charge in [-0.25, -0.2) is 4.98 Å². The van der Waals surface area contributed by atoms with Crippen LogP contribution < -0.4 is 10.9 Å². The number of carbonyl (C=O) groups excluding carboxylic acids is 1. The number of aryl methyl sites for hydroxylation is 1. The molecule has 0 spiro atoms. The number of thiophene rings is 1. The van der Waals surface area contributed by atoms with Crippen LogP contribution in [0.2, 0.25) is 5.02 Å². The minimum atomic E-state index is -0.192. The van der Waals surface area contributed by atoms with Crippen LogP contribution in [0.25, 0.3) is 10.2 Å². The monoisotopic (exact) mass is 415 g/mol. The predicted molar refractivity (Wildman–Crippen MR) is 113 cm³/mol. The maximum absolute atomic E-state index is 12.9. The maximum Gasteiger partial charge on any atom is 0.262 e. The number of hydrogen-bond donors (Lipinski definition) is 1. The SMILES string of the molecule is C[C@H]1CCc2c(sc3ncn(CC(=O)NCCc4cccc(Cl)c4)c(=O)c23)C1. The summed E-state index contributed by atoms with van der Waals surface area (Å²) < 4.78 is 1.42. The van der Waals surface area contributed by atoms with Gasteiger partial charge in [-0.1, -0.05) is 30.7 Å². The first-order valence-electron chi connectivity index (χ1n) is 9.52. The molecule has 5 nitrogen and oxygen atoms in total. The Bertz CT molecular complexity index is 1090. The molecule has 3 aromatic rings. The molecule has 7 heteroatoms. The lowest BCUT2D eigenvalue weighted by molar-refractivity contribution is -0.121. The van der Waals surface area contributed by atoms with Gasteiger partial charge >= 0.3 is 0 Å². The fraction of sp³-hybridized carbons (Fsp3) is 0.381. The van der Waals surface area contributed by atoms with Crippen molar-refractivity contribution in [1.29, 1.82) is 0 Å². The Morgan fingerprint density at radius 1 is 1.43 bits per heavy atom. The van der Waals surface area contributed by atoms with Crippen molar-refractivity contribution in [2.45, 2.75) is 39.2 Å². The molecule has 1 atom stereocenters. The summed E-state index contributed by atoms with van der Waals surface area (Å²) in [5.74, 6) is 0.455. The second-order valence-corrected chi connectivity index (χ2v) is 8.96. The molecular formula is C21H22ClN3O2S. The first kappa shape index (κ1) is 19.2. The van der Waals surface area contributed by atoms with Gasteiger partial charge in [-0.05, 0) is 54.9 Å². The summed E-state index contributed by atoms with van der Waals surface area (Å²) in [6.07, 6.45) is 5.21. The first-order valence-corrected chi connectivity index (χ1v) is 10.7. The minimum Gasteiger partial charge on any atom is -0.354 e. The molecule has 0 saturated heterocycles. The van der Waals surface area contributed by atoms with E-state index in [4.69, 9.17) is 11.6 Å². The summed E-state index contributed by atoms with van der Waals surface area (Å²) >= 11 is 7.60. The van der Waals surface area contributed by atoms with Gasteiger partial charge in [0.25, 0.3) is 5.56 Å². The summed E-state index contributed by atoms with van der Waals surface area (Å²) in [5.41, 5.74) is 2.10. The van der Waals surface area contributed by atoms with Gasteiger partial charge in [-0.3, -0.25) is 14.2 Å². The van der Waals surface area contributed by atoms with Gasteiger partial charge < -0.3 is 5.32 Å². The number of nitrogens with one attached hydrogen (secondary N) is 1. The number of rotatable bonds is 5. The normalized spacial score (nSPS) is 16.1. The molecule has 146 valence electrons. The first-order chi connectivity index (χ1) is 13.5. The molecule has 1 aliphatic rings. The van der Waals surface area contributed by atoms with E-state index in [1.807, 2.05) is 24.3 Å². The zero-order valence-electron chi connectivity index (χ0n) is 15.7. The lowest BCUT2D eigenvalue weighted by Gasteiger charge is -2.17. The van der Waals surface area contributed by atoms with Crippen molar-refractivity contribution in [2.75, 3.05) is 6.54 Å². The Labute approximate surface area is 172 Å². The van der Waals surface area contributed by atoms with Crippen molar-refractivity contribution < 1.29 is 4.79 Å². The van der Waals surface area contributed by atoms with Crippen LogP contribution in [0.3, 0.4) is 0 Å². The quantitative estimate of drug-likeness (QED) is 0.692. The van der Waals surface area contributed by atoms with Gasteiger partial charge in [0.1, 0.15) is 11.4 Å². The Morgan fingerprint density at radius 2 is 2.29 bits per heavy atom. The molecule has 0 unspecified atom stereocenters. The number of amides is 1. The zero-order chi connectivity index (χ0) is 19.7. The molecule has 4 rings (SSSR count). The third kappa shape index (κ3) is 3.98. The highest BCUT2D eigenvalue weighted by atomic mass is 35.5. The standard InChI is InChI=1S/C21H22ClN3O2S/c1-13-5-6-16-17(9-13)28-20-19(16)21(27)25(12-24-20)11-18(26)23-8-7-14-3-2-4-15(22)10-14/h2-4,10,12-13H,5-9,11H2,1H3,(H,23,26)/t13-/m0/s1. The molecular weight excluding hydrogens is 394 g/mol. The average molecular weight is 416 g/mol. The second kappa shape index (κ2) is 8.05. The molecule has 2 heterocycles. The van der Waals surface area contributed by atoms with Crippen LogP contribution in [-0.2, 0) is 30.6 Å². The third-order valence-electron chi connectivity index (χ3n) is 5.22. The van der Waals surface area contributed by atoms with E-state index in [9.17, 15) is 9.59 Å². The van der Waals surface area contributed by atoms with Gasteiger partial charge in [0.05, 0.1) is 11.7 Å². The second-order valence-electron chi connectivity index (χ2n) is 7.44. The van der Waals surface area contributed by atoms with Crippen molar-refractivity contribution in [3.8, 4) is 0 Å². The molecule has 2 aromatic heterocycles. The van der Waals surface area contributed by atoms with Crippen LogP contribution in [0, 0.1) is 5.92 Å². The topological polar surface area (TPSA) is 64.0 Å². The highest BCUT2D eigenvalue weighted by Gasteiger charge is 2.23. The smallest absolute Gasteiger partial charge is 0.262 e. The summed E-state index contributed by atoms with van der Waals surface area (Å²) in [4.78, 5) is 31.8. The van der Waals surface area contributed by atoms with Crippen LogP contribution in [-0.4, -0.2) is 22.0 Å². The minimum absolute atomic E-state index is 0.0155. The van der Waals surface area contributed by atoms with E-state index in [0.29, 0.717) is 29.3 Å². The third-order valence-corrected chi connectivity index (χ3v) is 6.62. The molecule has 1 N–H and O–H groups in total. The number of carbonyl (C=O) groups is 1. The van der Waals surface area contributed by atoms with Gasteiger partial charge in [-0.15, -0.1) is 11.3 Å². The van der Waals surface area contributed by atoms with E-state index in [0.717, 1.165) is 35.2 Å². The molecule has 0 fully saturated rings. The lowest BCUT2D eigenvalue weighted by atomic mass is 9.89. The molecule has 1 aromatic carbocycles. The van der Waals surface area contributed by atoms with Gasteiger partial charge in [0, 0.05) is 16.4 Å². The summed E-state index contributed by atoms with van der Waals surface area (Å²) in [5, 5.41) is 4.26. The maximum atomic E-state index is 12.9. The molecule has 1 aliphatic carbocycles. The summed E-state index contributed by atoms with van der Waals surface area (Å²) in [6, 6.07) is 7.57. The number of aromatic nitrogens is 2. The Morgan fingerprint density at radius 3 is 3.11 bits per heavy atom. The largest absolute Gasteiger partial charge is 0.354 e. The van der Waals surface area contributed by atoms with E-state index < -0.39 is 0 Å². The fourth-order valence-electron chi connectivity index (χ4n) is 3.73. The lowest BCUT2D eigenvalue weighted by Crippen LogP contribution is -2.33. The summed E-state index contributed by atoms with van der Waals surface area (Å²) in [6.45, 7) is 2.72.